The van der Waals surface area contributed by atoms with Gasteiger partial charge in [0, 0.05) is 31.3 Å². The van der Waals surface area contributed by atoms with Gasteiger partial charge in [0.25, 0.3) is 5.91 Å². The van der Waals surface area contributed by atoms with Gasteiger partial charge in [-0.1, -0.05) is 41.0 Å². The predicted molar refractivity (Wildman–Crippen MR) is 123 cm³/mol. The number of halogens is 1. The number of furan rings is 1. The van der Waals surface area contributed by atoms with Crippen LogP contribution >= 0.6 is 11.6 Å². The molecule has 2 aromatic carbocycles. The van der Waals surface area contributed by atoms with E-state index in [-0.39, 0.29) is 33.5 Å². The lowest BCUT2D eigenvalue weighted by Crippen LogP contribution is -2.23. The average Bonchev–Trinajstić information content (AvgIpc) is 3.47. The Labute approximate surface area is 194 Å². The summed E-state index contributed by atoms with van der Waals surface area (Å²) in [5, 5.41) is 30.2. The first kappa shape index (κ1) is 22.4. The van der Waals surface area contributed by atoms with Crippen LogP contribution in [0.2, 0.25) is 5.02 Å². The van der Waals surface area contributed by atoms with Gasteiger partial charge < -0.3 is 29.8 Å². The Morgan fingerprint density at radius 3 is 2.52 bits per heavy atom. The monoisotopic (exact) mass is 467 g/mol. The lowest BCUT2D eigenvalue weighted by atomic mass is 9.97. The van der Waals surface area contributed by atoms with E-state index in [0.717, 1.165) is 17.2 Å². The van der Waals surface area contributed by atoms with Gasteiger partial charge in [-0.25, -0.2) is 0 Å². The van der Waals surface area contributed by atoms with Crippen molar-refractivity contribution in [3.63, 3.8) is 0 Å². The van der Waals surface area contributed by atoms with E-state index >= 15 is 0 Å². The molecule has 0 saturated heterocycles. The van der Waals surface area contributed by atoms with Crippen LogP contribution in [0.25, 0.3) is 22.5 Å². The molecular formula is C24H22ClN3O5. The molecule has 2 aromatic heterocycles. The fraction of sp³-hybridized carbons (Fsp3) is 0.167. The van der Waals surface area contributed by atoms with Gasteiger partial charge in [0.15, 0.2) is 11.5 Å². The topological polar surface area (TPSA) is 121 Å². The van der Waals surface area contributed by atoms with Crippen LogP contribution in [0.3, 0.4) is 0 Å². The number of hydrogen-bond donors (Lipinski definition) is 4. The number of nitrogens with zero attached hydrogens (tertiary/aromatic N) is 1. The van der Waals surface area contributed by atoms with Crippen molar-refractivity contribution >= 4 is 17.5 Å². The largest absolute Gasteiger partial charge is 0.507 e. The van der Waals surface area contributed by atoms with Crippen LogP contribution in [-0.4, -0.2) is 27.8 Å². The number of rotatable bonds is 8. The number of benzene rings is 2. The second kappa shape index (κ2) is 9.81. The smallest absolute Gasteiger partial charge is 0.274 e. The molecule has 0 aliphatic heterocycles. The van der Waals surface area contributed by atoms with E-state index in [1.165, 1.54) is 6.07 Å². The third-order valence-corrected chi connectivity index (χ3v) is 5.34. The number of aromatic nitrogens is 1. The number of aromatic hydroxyl groups is 2. The zero-order valence-electron chi connectivity index (χ0n) is 17.8. The quantitative estimate of drug-likeness (QED) is 0.296. The molecule has 4 rings (SSSR count). The standard InChI is InChI=1S/C24H22ClN3O5/c1-2-27-24(31)22-21(23(33-28-22)17-9-18(25)20(30)10-19(17)29)16-5-3-14(4-6-16)11-26-12-15-7-8-32-13-15/h3-10,13,26,29-30H,2,11-12H2,1H3,(H,27,31). The highest BCUT2D eigenvalue weighted by Crippen LogP contribution is 2.42. The van der Waals surface area contributed by atoms with Gasteiger partial charge in [0.1, 0.15) is 11.5 Å². The van der Waals surface area contributed by atoms with Crippen LogP contribution in [0, 0.1) is 0 Å². The second-order valence-electron chi connectivity index (χ2n) is 7.35. The first-order valence-electron chi connectivity index (χ1n) is 10.3. The normalized spacial score (nSPS) is 11.0. The van der Waals surface area contributed by atoms with E-state index in [0.29, 0.717) is 30.8 Å². The SMILES string of the molecule is CCNC(=O)c1noc(-c2cc(Cl)c(O)cc2O)c1-c1ccc(CNCc2ccoc2)cc1. The van der Waals surface area contributed by atoms with Gasteiger partial charge in [-0.05, 0) is 30.2 Å². The fourth-order valence-corrected chi connectivity index (χ4v) is 3.57. The molecule has 0 unspecified atom stereocenters. The zero-order valence-corrected chi connectivity index (χ0v) is 18.5. The van der Waals surface area contributed by atoms with E-state index < -0.39 is 5.91 Å². The first-order chi connectivity index (χ1) is 16.0. The Kier molecular flexibility index (Phi) is 6.67. The predicted octanol–water partition coefficient (Wildman–Crippen LogP) is 4.71. The molecule has 2 heterocycles. The number of carbonyl (C=O) groups excluding carboxylic acids is 1. The van der Waals surface area contributed by atoms with Crippen LogP contribution in [0.4, 0.5) is 0 Å². The summed E-state index contributed by atoms with van der Waals surface area (Å²) < 4.78 is 10.5. The van der Waals surface area contributed by atoms with Crippen molar-refractivity contribution in [1.82, 2.24) is 15.8 Å². The van der Waals surface area contributed by atoms with Crippen LogP contribution in [0.1, 0.15) is 28.5 Å². The van der Waals surface area contributed by atoms with Crippen LogP contribution in [-0.2, 0) is 13.1 Å². The molecule has 4 aromatic rings. The molecule has 170 valence electrons. The molecule has 0 atom stereocenters. The van der Waals surface area contributed by atoms with Crippen LogP contribution in [0.15, 0.2) is 63.9 Å². The number of phenols is 2. The van der Waals surface area contributed by atoms with Gasteiger partial charge in [-0.3, -0.25) is 4.79 Å². The fourth-order valence-electron chi connectivity index (χ4n) is 3.41. The molecule has 0 spiro atoms. The molecule has 1 amide bonds. The van der Waals surface area contributed by atoms with Crippen LogP contribution in [0.5, 0.6) is 11.5 Å². The Bertz CT molecular complexity index is 1250. The summed E-state index contributed by atoms with van der Waals surface area (Å²) in [5.41, 5.74) is 3.48. The molecular weight excluding hydrogens is 446 g/mol. The highest BCUT2D eigenvalue weighted by Gasteiger charge is 2.26. The summed E-state index contributed by atoms with van der Waals surface area (Å²) in [4.78, 5) is 12.6. The van der Waals surface area contributed by atoms with E-state index in [2.05, 4.69) is 15.8 Å². The minimum Gasteiger partial charge on any atom is -0.507 e. The van der Waals surface area contributed by atoms with E-state index in [9.17, 15) is 15.0 Å². The maximum Gasteiger partial charge on any atom is 0.274 e. The Morgan fingerprint density at radius 1 is 1.06 bits per heavy atom. The molecule has 0 fully saturated rings. The number of carbonyl (C=O) groups is 1. The van der Waals surface area contributed by atoms with Crippen molar-refractivity contribution in [3.05, 3.63) is 76.8 Å². The summed E-state index contributed by atoms with van der Waals surface area (Å²) in [7, 11) is 0. The summed E-state index contributed by atoms with van der Waals surface area (Å²) in [6, 6.07) is 12.0. The van der Waals surface area contributed by atoms with Gasteiger partial charge in [-0.2, -0.15) is 0 Å². The van der Waals surface area contributed by atoms with Crippen molar-refractivity contribution in [3.8, 4) is 33.9 Å². The van der Waals surface area contributed by atoms with Crippen molar-refractivity contribution in [2.75, 3.05) is 6.54 Å². The molecule has 0 aliphatic carbocycles. The Hall–Kier alpha value is -3.75. The number of nitrogens with one attached hydrogen (secondary N) is 2. The number of amides is 1. The summed E-state index contributed by atoms with van der Waals surface area (Å²) >= 11 is 6.04. The molecule has 0 aliphatic rings. The molecule has 8 nitrogen and oxygen atoms in total. The van der Waals surface area contributed by atoms with Crippen molar-refractivity contribution < 1.29 is 23.9 Å². The van der Waals surface area contributed by atoms with Crippen molar-refractivity contribution in [1.29, 1.82) is 0 Å². The third-order valence-electron chi connectivity index (χ3n) is 5.04. The van der Waals surface area contributed by atoms with E-state index in [1.54, 1.807) is 19.5 Å². The number of phenolic OH excluding ortho intramolecular Hbond substituents is 2. The first-order valence-corrected chi connectivity index (χ1v) is 10.7. The summed E-state index contributed by atoms with van der Waals surface area (Å²) in [6.45, 7) is 3.53. The Balaban J connectivity index is 1.67. The van der Waals surface area contributed by atoms with Gasteiger partial charge >= 0.3 is 0 Å². The third kappa shape index (κ3) is 4.87. The highest BCUT2D eigenvalue weighted by atomic mass is 35.5. The second-order valence-corrected chi connectivity index (χ2v) is 7.75. The van der Waals surface area contributed by atoms with Gasteiger partial charge in [-0.15, -0.1) is 0 Å². The lowest BCUT2D eigenvalue weighted by molar-refractivity contribution is 0.0947. The van der Waals surface area contributed by atoms with Crippen molar-refractivity contribution in [2.24, 2.45) is 0 Å². The van der Waals surface area contributed by atoms with Gasteiger partial charge in [0.05, 0.1) is 28.7 Å². The highest BCUT2D eigenvalue weighted by molar-refractivity contribution is 6.32. The maximum atomic E-state index is 12.6. The molecule has 4 N–H and O–H groups in total. The maximum absolute atomic E-state index is 12.6. The van der Waals surface area contributed by atoms with E-state index in [4.69, 9.17) is 20.5 Å². The molecule has 0 bridgehead atoms. The molecule has 9 heteroatoms. The lowest BCUT2D eigenvalue weighted by Gasteiger charge is -2.09. The Morgan fingerprint density at radius 2 is 1.82 bits per heavy atom. The summed E-state index contributed by atoms with van der Waals surface area (Å²) in [5.74, 6) is -0.758. The number of hydrogen-bond acceptors (Lipinski definition) is 7. The minimum absolute atomic E-state index is 0.0313. The van der Waals surface area contributed by atoms with Crippen LogP contribution < -0.4 is 10.6 Å². The summed E-state index contributed by atoms with van der Waals surface area (Å²) in [6.07, 6.45) is 3.32. The zero-order chi connectivity index (χ0) is 23.4. The van der Waals surface area contributed by atoms with Gasteiger partial charge in [0.2, 0.25) is 0 Å². The molecule has 0 saturated carbocycles. The van der Waals surface area contributed by atoms with Crippen molar-refractivity contribution in [2.45, 2.75) is 20.0 Å². The minimum atomic E-state index is -0.405. The molecule has 0 radical (unpaired) electrons. The van der Waals surface area contributed by atoms with E-state index in [1.807, 2.05) is 30.3 Å². The average molecular weight is 468 g/mol. The molecule has 33 heavy (non-hydrogen) atoms.